The molecule has 10 heteroatoms. The smallest absolute Gasteiger partial charge is 0.410 e. The Labute approximate surface area is 268 Å². The number of aliphatic hydroxyl groups excluding tert-OH is 1. The summed E-state index contributed by atoms with van der Waals surface area (Å²) in [7, 11) is 0. The Hall–Kier alpha value is -5.22. The summed E-state index contributed by atoms with van der Waals surface area (Å²) in [6.07, 6.45) is 3.18. The van der Waals surface area contributed by atoms with E-state index in [1.807, 2.05) is 50.2 Å². The van der Waals surface area contributed by atoms with Crippen molar-refractivity contribution in [3.8, 4) is 11.1 Å². The number of nitrogens with one attached hydrogen (secondary N) is 1. The van der Waals surface area contributed by atoms with Gasteiger partial charge in [-0.2, -0.15) is 0 Å². The van der Waals surface area contributed by atoms with Gasteiger partial charge < -0.3 is 20.1 Å². The van der Waals surface area contributed by atoms with Crippen LogP contribution in [-0.4, -0.2) is 62.8 Å². The van der Waals surface area contributed by atoms with Gasteiger partial charge in [-0.15, -0.1) is 0 Å². The van der Waals surface area contributed by atoms with Crippen LogP contribution in [0.3, 0.4) is 0 Å². The molecule has 46 heavy (non-hydrogen) atoms. The lowest BCUT2D eigenvalue weighted by atomic mass is 9.91. The van der Waals surface area contributed by atoms with E-state index in [0.717, 1.165) is 27.8 Å². The molecule has 238 valence electrons. The van der Waals surface area contributed by atoms with Crippen LogP contribution >= 0.6 is 0 Å². The third-order valence-electron chi connectivity index (χ3n) is 7.33. The molecule has 4 rings (SSSR count). The maximum absolute atomic E-state index is 13.3. The Morgan fingerprint density at radius 1 is 0.891 bits per heavy atom. The van der Waals surface area contributed by atoms with Crippen molar-refractivity contribution in [1.82, 2.24) is 14.9 Å². The maximum atomic E-state index is 13.3. The highest BCUT2D eigenvalue weighted by molar-refractivity contribution is 6.04. The fourth-order valence-electron chi connectivity index (χ4n) is 4.87. The number of hydrogen-bond acceptors (Lipinski definition) is 8. The van der Waals surface area contributed by atoms with Crippen molar-refractivity contribution >= 4 is 29.8 Å². The van der Waals surface area contributed by atoms with Crippen LogP contribution in [-0.2, 0) is 17.7 Å². The van der Waals surface area contributed by atoms with E-state index in [-0.39, 0.29) is 37.6 Å². The number of hydrogen-bond donors (Lipinski definition) is 2. The molecule has 2 aromatic carbocycles. The summed E-state index contributed by atoms with van der Waals surface area (Å²) < 4.78 is 5.43. The summed E-state index contributed by atoms with van der Waals surface area (Å²) in [5, 5.41) is 12.3. The fraction of sp³-hybridized carbons (Fsp3) is 0.278. The minimum atomic E-state index is -0.670. The zero-order valence-corrected chi connectivity index (χ0v) is 26.7. The molecule has 2 N–H and O–H groups in total. The molecule has 2 amide bonds. The summed E-state index contributed by atoms with van der Waals surface area (Å²) in [6.45, 7) is 9.28. The third-order valence-corrected chi connectivity index (χ3v) is 7.33. The van der Waals surface area contributed by atoms with E-state index in [9.17, 15) is 24.3 Å². The average molecular weight is 623 g/mol. The number of aliphatic hydroxyl groups is 1. The Morgan fingerprint density at radius 2 is 1.57 bits per heavy atom. The van der Waals surface area contributed by atoms with E-state index >= 15 is 0 Å². The molecule has 2 aromatic heterocycles. The second-order valence-corrected chi connectivity index (χ2v) is 11.9. The van der Waals surface area contributed by atoms with Gasteiger partial charge in [0.15, 0.2) is 12.1 Å². The standard InChI is InChI=1S/C36H38N4O6/c1-23-27(18-33(43)31-14-12-25(19-37-31)21-40(16-17-41)35(45)46-36(3,4)5)8-6-9-28(23)29-10-7-11-30(24(29)2)39-34(44)32-15-13-26(22-42)20-38-32/h6-15,19-20,22,41H,16-18,21H2,1-5H3,(H,39,44). The number of nitrogens with zero attached hydrogens (tertiary/aromatic N) is 3. The Bertz CT molecular complexity index is 1730. The number of aldehydes is 1. The molecule has 4 aromatic rings. The van der Waals surface area contributed by atoms with Gasteiger partial charge in [0.25, 0.3) is 5.91 Å². The molecule has 0 saturated carbocycles. The predicted molar refractivity (Wildman–Crippen MR) is 175 cm³/mol. The second-order valence-electron chi connectivity index (χ2n) is 11.9. The fourth-order valence-corrected chi connectivity index (χ4v) is 4.87. The molecule has 0 aliphatic rings. The summed E-state index contributed by atoms with van der Waals surface area (Å²) in [6, 6.07) is 17.8. The Kier molecular flexibility index (Phi) is 10.8. The first-order valence-corrected chi connectivity index (χ1v) is 14.9. The minimum absolute atomic E-state index is 0.105. The number of Topliss-reactive ketones (excluding diaryl/α,β-unsaturated/α-hetero) is 1. The van der Waals surface area contributed by atoms with E-state index in [1.165, 1.54) is 23.2 Å². The van der Waals surface area contributed by atoms with Crippen LogP contribution in [0, 0.1) is 13.8 Å². The highest BCUT2D eigenvalue weighted by atomic mass is 16.6. The topological polar surface area (TPSA) is 139 Å². The molecule has 0 spiro atoms. The Morgan fingerprint density at radius 3 is 2.17 bits per heavy atom. The van der Waals surface area contributed by atoms with E-state index in [1.54, 1.807) is 39.1 Å². The molecule has 0 unspecified atom stereocenters. The van der Waals surface area contributed by atoms with Crippen molar-refractivity contribution in [3.63, 3.8) is 0 Å². The van der Waals surface area contributed by atoms with Crippen LogP contribution in [0.25, 0.3) is 11.1 Å². The van der Waals surface area contributed by atoms with Gasteiger partial charge in [0.2, 0.25) is 0 Å². The van der Waals surface area contributed by atoms with Crippen LogP contribution in [0.2, 0.25) is 0 Å². The maximum Gasteiger partial charge on any atom is 0.410 e. The van der Waals surface area contributed by atoms with Crippen LogP contribution in [0.4, 0.5) is 10.5 Å². The van der Waals surface area contributed by atoms with Crippen molar-refractivity contribution in [2.24, 2.45) is 0 Å². The molecule has 0 saturated heterocycles. The molecule has 0 atom stereocenters. The normalized spacial score (nSPS) is 11.1. The molecule has 0 fully saturated rings. The van der Waals surface area contributed by atoms with Crippen molar-refractivity contribution in [1.29, 1.82) is 0 Å². The largest absolute Gasteiger partial charge is 0.444 e. The number of amides is 2. The van der Waals surface area contributed by atoms with Crippen LogP contribution in [0.1, 0.15) is 74.4 Å². The molecule has 10 nitrogen and oxygen atoms in total. The number of ketones is 1. The van der Waals surface area contributed by atoms with Crippen LogP contribution in [0.15, 0.2) is 73.1 Å². The molecule has 0 radical (unpaired) electrons. The molecular formula is C36H38N4O6. The summed E-state index contributed by atoms with van der Waals surface area (Å²) in [4.78, 5) is 59.4. The number of aromatic nitrogens is 2. The summed E-state index contributed by atoms with van der Waals surface area (Å²) in [5.41, 5.74) is 6.01. The lowest BCUT2D eigenvalue weighted by molar-refractivity contribution is 0.0201. The van der Waals surface area contributed by atoms with Crippen LogP contribution < -0.4 is 5.32 Å². The highest BCUT2D eigenvalue weighted by Gasteiger charge is 2.22. The Balaban J connectivity index is 1.48. The van der Waals surface area contributed by atoms with Gasteiger partial charge in [-0.1, -0.05) is 36.4 Å². The molecule has 0 aliphatic carbocycles. The van der Waals surface area contributed by atoms with Crippen molar-refractivity contribution in [2.45, 2.75) is 53.2 Å². The van der Waals surface area contributed by atoms with E-state index in [2.05, 4.69) is 15.3 Å². The van der Waals surface area contributed by atoms with E-state index < -0.39 is 17.6 Å². The van der Waals surface area contributed by atoms with Crippen molar-refractivity contribution in [3.05, 3.63) is 112 Å². The number of benzene rings is 2. The number of ether oxygens (including phenoxy) is 1. The van der Waals surface area contributed by atoms with E-state index in [4.69, 9.17) is 4.74 Å². The molecule has 0 aliphatic heterocycles. The van der Waals surface area contributed by atoms with Gasteiger partial charge in [0.05, 0.1) is 13.2 Å². The van der Waals surface area contributed by atoms with Gasteiger partial charge in [0, 0.05) is 36.6 Å². The molecule has 2 heterocycles. The SMILES string of the molecule is Cc1c(CC(=O)c2ccc(CN(CCO)C(=O)OC(C)(C)C)cn2)cccc1-c1cccc(NC(=O)c2ccc(C=O)cn2)c1C. The van der Waals surface area contributed by atoms with Crippen molar-refractivity contribution < 1.29 is 29.0 Å². The number of rotatable bonds is 11. The highest BCUT2D eigenvalue weighted by Crippen LogP contribution is 2.32. The summed E-state index contributed by atoms with van der Waals surface area (Å²) in [5.74, 6) is -0.546. The lowest BCUT2D eigenvalue weighted by Gasteiger charge is -2.27. The lowest BCUT2D eigenvalue weighted by Crippen LogP contribution is -2.38. The number of pyridine rings is 2. The van der Waals surface area contributed by atoms with Gasteiger partial charge in [-0.3, -0.25) is 24.4 Å². The van der Waals surface area contributed by atoms with E-state index in [0.29, 0.717) is 28.8 Å². The minimum Gasteiger partial charge on any atom is -0.444 e. The van der Waals surface area contributed by atoms with Gasteiger partial charge in [-0.25, -0.2) is 4.79 Å². The predicted octanol–water partition coefficient (Wildman–Crippen LogP) is 5.98. The number of carbonyl (C=O) groups excluding carboxylic acids is 4. The summed E-state index contributed by atoms with van der Waals surface area (Å²) >= 11 is 0. The monoisotopic (exact) mass is 622 g/mol. The molecular weight excluding hydrogens is 584 g/mol. The van der Waals surface area contributed by atoms with Crippen LogP contribution in [0.5, 0.6) is 0 Å². The number of anilines is 1. The van der Waals surface area contributed by atoms with Gasteiger partial charge >= 0.3 is 6.09 Å². The average Bonchev–Trinajstić information content (AvgIpc) is 3.02. The van der Waals surface area contributed by atoms with Crippen molar-refractivity contribution in [2.75, 3.05) is 18.5 Å². The zero-order valence-electron chi connectivity index (χ0n) is 26.7. The van der Waals surface area contributed by atoms with Gasteiger partial charge in [-0.05, 0) is 92.3 Å². The first kappa shape index (κ1) is 33.7. The zero-order chi connectivity index (χ0) is 33.4. The third kappa shape index (κ3) is 8.48. The molecule has 0 bridgehead atoms. The quantitative estimate of drug-likeness (QED) is 0.154. The number of carbonyl (C=O) groups is 4. The second kappa shape index (κ2) is 14.7. The first-order chi connectivity index (χ1) is 21.9. The first-order valence-electron chi connectivity index (χ1n) is 14.9. The van der Waals surface area contributed by atoms with Gasteiger partial charge in [0.1, 0.15) is 17.0 Å².